The van der Waals surface area contributed by atoms with Crippen molar-refractivity contribution in [3.8, 4) is 0 Å². The van der Waals surface area contributed by atoms with Gasteiger partial charge in [-0.3, -0.25) is 4.68 Å². The zero-order chi connectivity index (χ0) is 13.3. The molecule has 1 aliphatic carbocycles. The summed E-state index contributed by atoms with van der Waals surface area (Å²) in [6, 6.07) is 0. The Balaban J connectivity index is 2.13. The van der Waals surface area contributed by atoms with Gasteiger partial charge in [0.2, 0.25) is 0 Å². The van der Waals surface area contributed by atoms with Crippen molar-refractivity contribution in [1.29, 1.82) is 0 Å². The fraction of sp³-hybridized carbons (Fsp3) is 0.786. The Morgan fingerprint density at radius 1 is 1.39 bits per heavy atom. The van der Waals surface area contributed by atoms with E-state index in [1.165, 1.54) is 19.3 Å². The van der Waals surface area contributed by atoms with Crippen molar-refractivity contribution in [1.82, 2.24) is 9.78 Å². The van der Waals surface area contributed by atoms with Crippen molar-refractivity contribution in [3.05, 3.63) is 16.4 Å². The second-order valence-electron chi connectivity index (χ2n) is 5.90. The van der Waals surface area contributed by atoms with E-state index in [4.69, 9.17) is 11.6 Å². The molecule has 1 aromatic rings. The van der Waals surface area contributed by atoms with E-state index in [1.54, 1.807) is 4.68 Å². The molecule has 4 heteroatoms. The van der Waals surface area contributed by atoms with E-state index in [2.05, 4.69) is 12.0 Å². The molecule has 1 fully saturated rings. The second kappa shape index (κ2) is 5.22. The largest absolute Gasteiger partial charge is 0.392 e. The monoisotopic (exact) mass is 270 g/mol. The van der Waals surface area contributed by atoms with Gasteiger partial charge in [0.15, 0.2) is 0 Å². The highest BCUT2D eigenvalue weighted by Crippen LogP contribution is 2.40. The van der Waals surface area contributed by atoms with Crippen molar-refractivity contribution >= 4 is 11.6 Å². The number of hydrogen-bond donors (Lipinski definition) is 1. The molecule has 0 radical (unpaired) electrons. The molecule has 0 aliphatic heterocycles. The normalized spacial score (nSPS) is 20.9. The smallest absolute Gasteiger partial charge is 0.0847 e. The van der Waals surface area contributed by atoms with Crippen LogP contribution in [0.4, 0.5) is 0 Å². The van der Waals surface area contributed by atoms with Gasteiger partial charge >= 0.3 is 0 Å². The van der Waals surface area contributed by atoms with Gasteiger partial charge in [0.25, 0.3) is 0 Å². The van der Waals surface area contributed by atoms with Gasteiger partial charge in [-0.25, -0.2) is 0 Å². The van der Waals surface area contributed by atoms with Crippen LogP contribution >= 0.6 is 11.6 Å². The van der Waals surface area contributed by atoms with E-state index in [9.17, 15) is 5.11 Å². The Labute approximate surface area is 114 Å². The minimum absolute atomic E-state index is 0.0414. The predicted octanol–water partition coefficient (Wildman–Crippen LogP) is 3.26. The third-order valence-electron chi connectivity index (χ3n) is 4.45. The third kappa shape index (κ3) is 2.57. The lowest BCUT2D eigenvalue weighted by Crippen LogP contribution is -2.36. The van der Waals surface area contributed by atoms with Crippen LogP contribution in [0, 0.1) is 12.3 Å². The van der Waals surface area contributed by atoms with Crippen molar-refractivity contribution in [2.45, 2.75) is 58.5 Å². The SMILES string of the molecule is Cc1nn(C)c(CC(O)C2(C)CCCCC2)c1Cl. The van der Waals surface area contributed by atoms with E-state index in [0.717, 1.165) is 24.2 Å². The van der Waals surface area contributed by atoms with Crippen molar-refractivity contribution in [2.24, 2.45) is 12.5 Å². The molecule has 0 bridgehead atoms. The number of aliphatic hydroxyl groups is 1. The van der Waals surface area contributed by atoms with E-state index < -0.39 is 0 Å². The number of aryl methyl sites for hydroxylation is 2. The lowest BCUT2D eigenvalue weighted by atomic mass is 9.70. The molecule has 0 saturated heterocycles. The number of rotatable bonds is 3. The van der Waals surface area contributed by atoms with Gasteiger partial charge in [-0.05, 0) is 25.2 Å². The average molecular weight is 271 g/mol. The highest BCUT2D eigenvalue weighted by molar-refractivity contribution is 6.31. The molecule has 0 amide bonds. The van der Waals surface area contributed by atoms with Crippen LogP contribution in [-0.4, -0.2) is 21.0 Å². The van der Waals surface area contributed by atoms with Gasteiger partial charge in [-0.1, -0.05) is 37.8 Å². The highest BCUT2D eigenvalue weighted by atomic mass is 35.5. The fourth-order valence-corrected chi connectivity index (χ4v) is 3.26. The first-order valence-electron chi connectivity index (χ1n) is 6.80. The van der Waals surface area contributed by atoms with Crippen molar-refractivity contribution in [2.75, 3.05) is 0 Å². The number of nitrogens with zero attached hydrogens (tertiary/aromatic N) is 2. The maximum absolute atomic E-state index is 10.5. The van der Waals surface area contributed by atoms with Crippen LogP contribution in [0.25, 0.3) is 0 Å². The van der Waals surface area contributed by atoms with Gasteiger partial charge in [-0.15, -0.1) is 0 Å². The lowest BCUT2D eigenvalue weighted by Gasteiger charge is -2.38. The lowest BCUT2D eigenvalue weighted by molar-refractivity contribution is 0.00925. The Morgan fingerprint density at radius 2 is 2.00 bits per heavy atom. The van der Waals surface area contributed by atoms with Gasteiger partial charge in [0.05, 0.1) is 22.5 Å². The first-order chi connectivity index (χ1) is 8.44. The summed E-state index contributed by atoms with van der Waals surface area (Å²) in [5, 5.41) is 15.6. The first kappa shape index (κ1) is 13.9. The van der Waals surface area contributed by atoms with Crippen LogP contribution in [0.5, 0.6) is 0 Å². The number of aromatic nitrogens is 2. The standard InChI is InChI=1S/C14H23ClN2O/c1-10-13(15)11(17(3)16-10)9-12(18)14(2)7-5-4-6-8-14/h12,18H,4-9H2,1-3H3. The molecule has 1 aromatic heterocycles. The molecule has 3 nitrogen and oxygen atoms in total. The minimum atomic E-state index is -0.329. The molecule has 2 rings (SSSR count). The number of halogens is 1. The summed E-state index contributed by atoms with van der Waals surface area (Å²) in [7, 11) is 1.89. The summed E-state index contributed by atoms with van der Waals surface area (Å²) in [6.45, 7) is 4.11. The van der Waals surface area contributed by atoms with E-state index in [-0.39, 0.29) is 11.5 Å². The zero-order valence-electron chi connectivity index (χ0n) is 11.5. The number of hydrogen-bond acceptors (Lipinski definition) is 2. The van der Waals surface area contributed by atoms with Crippen LogP contribution in [0.2, 0.25) is 5.02 Å². The minimum Gasteiger partial charge on any atom is -0.392 e. The van der Waals surface area contributed by atoms with Crippen LogP contribution < -0.4 is 0 Å². The van der Waals surface area contributed by atoms with Gasteiger partial charge in [0, 0.05) is 13.5 Å². The Kier molecular flexibility index (Phi) is 4.02. The molecular formula is C14H23ClN2O. The van der Waals surface area contributed by atoms with E-state index >= 15 is 0 Å². The molecule has 1 heterocycles. The molecule has 1 unspecified atom stereocenters. The maximum Gasteiger partial charge on any atom is 0.0847 e. The molecular weight excluding hydrogens is 248 g/mol. The van der Waals surface area contributed by atoms with Crippen LogP contribution in [0.3, 0.4) is 0 Å². The quantitative estimate of drug-likeness (QED) is 0.916. The van der Waals surface area contributed by atoms with E-state index in [1.807, 2.05) is 14.0 Å². The molecule has 0 aromatic carbocycles. The predicted molar refractivity (Wildman–Crippen MR) is 73.9 cm³/mol. The maximum atomic E-state index is 10.5. The Bertz CT molecular complexity index is 422. The summed E-state index contributed by atoms with van der Waals surface area (Å²) >= 11 is 6.25. The molecule has 102 valence electrons. The highest BCUT2D eigenvalue weighted by Gasteiger charge is 2.35. The van der Waals surface area contributed by atoms with E-state index in [0.29, 0.717) is 11.4 Å². The van der Waals surface area contributed by atoms with Crippen LogP contribution in [0.1, 0.15) is 50.4 Å². The summed E-state index contributed by atoms with van der Waals surface area (Å²) in [5.41, 5.74) is 1.84. The third-order valence-corrected chi connectivity index (χ3v) is 4.94. The van der Waals surface area contributed by atoms with Crippen molar-refractivity contribution < 1.29 is 5.11 Å². The Hall–Kier alpha value is -0.540. The first-order valence-corrected chi connectivity index (χ1v) is 7.18. The summed E-state index contributed by atoms with van der Waals surface area (Å²) in [6.07, 6.45) is 6.26. The topological polar surface area (TPSA) is 38.0 Å². The molecule has 1 aliphatic rings. The second-order valence-corrected chi connectivity index (χ2v) is 6.28. The van der Waals surface area contributed by atoms with Crippen molar-refractivity contribution in [3.63, 3.8) is 0 Å². The summed E-state index contributed by atoms with van der Waals surface area (Å²) in [5.74, 6) is 0. The van der Waals surface area contributed by atoms with Gasteiger partial charge in [-0.2, -0.15) is 5.10 Å². The fourth-order valence-electron chi connectivity index (χ4n) is 3.02. The Morgan fingerprint density at radius 3 is 2.50 bits per heavy atom. The number of aliphatic hydroxyl groups excluding tert-OH is 1. The van der Waals surface area contributed by atoms with Gasteiger partial charge < -0.3 is 5.11 Å². The zero-order valence-corrected chi connectivity index (χ0v) is 12.3. The average Bonchev–Trinajstić information content (AvgIpc) is 2.57. The van der Waals surface area contributed by atoms with Crippen LogP contribution in [0.15, 0.2) is 0 Å². The van der Waals surface area contributed by atoms with Crippen LogP contribution in [-0.2, 0) is 13.5 Å². The molecule has 0 spiro atoms. The summed E-state index contributed by atoms with van der Waals surface area (Å²) in [4.78, 5) is 0. The molecule has 1 saturated carbocycles. The molecule has 18 heavy (non-hydrogen) atoms. The molecule has 1 atom stereocenters. The summed E-state index contributed by atoms with van der Waals surface area (Å²) < 4.78 is 1.80. The molecule has 1 N–H and O–H groups in total. The van der Waals surface area contributed by atoms with Gasteiger partial charge in [0.1, 0.15) is 0 Å².